The number of hydrogen-bond donors (Lipinski definition) is 1. The SMILES string of the molecule is Cc1ccc(N2C(=O)NC(=O)/C(=C/c3ccc(OCc4ccc(I)cc4)c(I)c3)C2=O)cc1Cl. The summed E-state index contributed by atoms with van der Waals surface area (Å²) in [7, 11) is 0. The van der Waals surface area contributed by atoms with Crippen LogP contribution in [0.5, 0.6) is 5.75 Å². The standard InChI is InChI=1S/C25H17ClI2N2O4/c1-14-2-8-18(12-20(14)26)30-24(32)19(23(31)29-25(30)33)10-16-5-9-22(21(28)11-16)34-13-15-3-6-17(27)7-4-15/h2-12H,13H2,1H3,(H,29,31,33)/b19-10-. The molecule has 1 fully saturated rings. The van der Waals surface area contributed by atoms with Crippen LogP contribution in [0.25, 0.3) is 6.08 Å². The highest BCUT2D eigenvalue weighted by molar-refractivity contribution is 14.1. The second kappa shape index (κ2) is 10.4. The normalized spacial score (nSPS) is 15.0. The van der Waals surface area contributed by atoms with E-state index in [2.05, 4.69) is 50.5 Å². The van der Waals surface area contributed by atoms with Crippen LogP contribution in [0.15, 0.2) is 66.2 Å². The number of halogens is 3. The summed E-state index contributed by atoms with van der Waals surface area (Å²) in [6, 6.07) is 17.4. The summed E-state index contributed by atoms with van der Waals surface area (Å²) in [6.07, 6.45) is 1.46. The fourth-order valence-electron chi connectivity index (χ4n) is 3.25. The molecule has 0 bridgehead atoms. The molecule has 34 heavy (non-hydrogen) atoms. The molecule has 1 aliphatic rings. The minimum absolute atomic E-state index is 0.153. The number of rotatable bonds is 5. The molecule has 0 unspecified atom stereocenters. The Morgan fingerprint density at radius 2 is 1.74 bits per heavy atom. The Bertz CT molecular complexity index is 1340. The van der Waals surface area contributed by atoms with E-state index in [-0.39, 0.29) is 11.3 Å². The summed E-state index contributed by atoms with van der Waals surface area (Å²) >= 11 is 10.6. The zero-order valence-electron chi connectivity index (χ0n) is 17.8. The highest BCUT2D eigenvalue weighted by Gasteiger charge is 2.37. The van der Waals surface area contributed by atoms with Gasteiger partial charge in [0.2, 0.25) is 0 Å². The van der Waals surface area contributed by atoms with Gasteiger partial charge in [-0.3, -0.25) is 14.9 Å². The van der Waals surface area contributed by atoms with Gasteiger partial charge in [0.05, 0.1) is 9.26 Å². The van der Waals surface area contributed by atoms with Gasteiger partial charge in [0.25, 0.3) is 11.8 Å². The van der Waals surface area contributed by atoms with Crippen molar-refractivity contribution in [3.63, 3.8) is 0 Å². The third kappa shape index (κ3) is 5.44. The number of ether oxygens (including phenoxy) is 1. The lowest BCUT2D eigenvalue weighted by atomic mass is 10.1. The van der Waals surface area contributed by atoms with Crippen molar-refractivity contribution >= 4 is 86.4 Å². The Kier molecular flexibility index (Phi) is 7.58. The molecular weight excluding hydrogens is 682 g/mol. The highest BCUT2D eigenvalue weighted by atomic mass is 127. The Hall–Kier alpha value is -2.44. The van der Waals surface area contributed by atoms with Gasteiger partial charge in [-0.15, -0.1) is 0 Å². The lowest BCUT2D eigenvalue weighted by Gasteiger charge is -2.26. The van der Waals surface area contributed by atoms with Gasteiger partial charge in [0.1, 0.15) is 17.9 Å². The maximum Gasteiger partial charge on any atom is 0.335 e. The van der Waals surface area contributed by atoms with Gasteiger partial charge < -0.3 is 4.74 Å². The van der Waals surface area contributed by atoms with Crippen LogP contribution in [-0.4, -0.2) is 17.8 Å². The van der Waals surface area contributed by atoms with E-state index in [0.29, 0.717) is 22.9 Å². The average Bonchev–Trinajstić information content (AvgIpc) is 2.79. The lowest BCUT2D eigenvalue weighted by Crippen LogP contribution is -2.54. The van der Waals surface area contributed by atoms with E-state index < -0.39 is 17.8 Å². The second-order valence-corrected chi connectivity index (χ2v) is 10.3. The fourth-order valence-corrected chi connectivity index (χ4v) is 4.47. The molecule has 0 saturated carbocycles. The fraction of sp³-hybridized carbons (Fsp3) is 0.0800. The van der Waals surface area contributed by atoms with Gasteiger partial charge in [-0.1, -0.05) is 35.9 Å². The average molecular weight is 699 g/mol. The zero-order valence-corrected chi connectivity index (χ0v) is 22.8. The number of nitrogens with one attached hydrogen (secondary N) is 1. The first-order chi connectivity index (χ1) is 16.2. The van der Waals surface area contributed by atoms with E-state index in [1.165, 1.54) is 12.1 Å². The molecule has 1 saturated heterocycles. The number of amides is 4. The number of imide groups is 2. The Morgan fingerprint density at radius 1 is 1.00 bits per heavy atom. The quantitative estimate of drug-likeness (QED) is 0.199. The Labute approximate surface area is 228 Å². The largest absolute Gasteiger partial charge is 0.488 e. The van der Waals surface area contributed by atoms with Crippen LogP contribution in [-0.2, 0) is 16.2 Å². The minimum atomic E-state index is -0.819. The summed E-state index contributed by atoms with van der Waals surface area (Å²) in [5.41, 5.74) is 2.61. The third-order valence-electron chi connectivity index (χ3n) is 5.09. The minimum Gasteiger partial charge on any atom is -0.488 e. The maximum atomic E-state index is 13.1. The molecule has 1 N–H and O–H groups in total. The summed E-state index contributed by atoms with van der Waals surface area (Å²) in [5, 5.41) is 2.63. The summed E-state index contributed by atoms with van der Waals surface area (Å²) in [4.78, 5) is 38.8. The van der Waals surface area contributed by atoms with Crippen molar-refractivity contribution in [2.24, 2.45) is 0 Å². The molecule has 9 heteroatoms. The first-order valence-electron chi connectivity index (χ1n) is 10.1. The van der Waals surface area contributed by atoms with E-state index in [1.54, 1.807) is 30.3 Å². The van der Waals surface area contributed by atoms with Crippen LogP contribution in [0, 0.1) is 14.1 Å². The van der Waals surface area contributed by atoms with Crippen LogP contribution in [0.4, 0.5) is 10.5 Å². The summed E-state index contributed by atoms with van der Waals surface area (Å²) in [6.45, 7) is 2.24. The van der Waals surface area contributed by atoms with Crippen molar-refractivity contribution < 1.29 is 19.1 Å². The van der Waals surface area contributed by atoms with E-state index in [9.17, 15) is 14.4 Å². The van der Waals surface area contributed by atoms with E-state index in [4.69, 9.17) is 16.3 Å². The van der Waals surface area contributed by atoms with Crippen molar-refractivity contribution in [1.29, 1.82) is 0 Å². The van der Waals surface area contributed by atoms with E-state index >= 15 is 0 Å². The number of carbonyl (C=O) groups excluding carboxylic acids is 3. The molecule has 1 heterocycles. The molecule has 0 spiro atoms. The molecular formula is C25H17ClI2N2O4. The molecule has 3 aromatic rings. The third-order valence-corrected chi connectivity index (χ3v) is 7.06. The number of barbiturate groups is 1. The monoisotopic (exact) mass is 698 g/mol. The zero-order chi connectivity index (χ0) is 24.4. The number of urea groups is 1. The van der Waals surface area contributed by atoms with E-state index in [0.717, 1.165) is 23.2 Å². The van der Waals surface area contributed by atoms with Crippen molar-refractivity contribution in [3.8, 4) is 5.75 Å². The number of benzene rings is 3. The van der Waals surface area contributed by atoms with Gasteiger partial charge >= 0.3 is 6.03 Å². The predicted molar refractivity (Wildman–Crippen MR) is 148 cm³/mol. The predicted octanol–water partition coefficient (Wildman–Crippen LogP) is 6.10. The number of hydrogen-bond acceptors (Lipinski definition) is 4. The Balaban J connectivity index is 1.56. The van der Waals surface area contributed by atoms with Crippen LogP contribution >= 0.6 is 56.8 Å². The molecule has 172 valence electrons. The molecule has 4 rings (SSSR count). The number of carbonyl (C=O) groups is 3. The van der Waals surface area contributed by atoms with Gasteiger partial charge in [-0.25, -0.2) is 9.69 Å². The van der Waals surface area contributed by atoms with E-state index in [1.807, 2.05) is 31.2 Å². The molecule has 1 aliphatic heterocycles. The summed E-state index contributed by atoms with van der Waals surface area (Å²) < 4.78 is 7.89. The van der Waals surface area contributed by atoms with Crippen molar-refractivity contribution in [2.45, 2.75) is 13.5 Å². The molecule has 0 aliphatic carbocycles. The summed E-state index contributed by atoms with van der Waals surface area (Å²) in [5.74, 6) is -0.784. The molecule has 6 nitrogen and oxygen atoms in total. The molecule has 0 atom stereocenters. The van der Waals surface area contributed by atoms with Crippen molar-refractivity contribution in [3.05, 3.63) is 95.1 Å². The van der Waals surface area contributed by atoms with Crippen molar-refractivity contribution in [2.75, 3.05) is 4.90 Å². The number of anilines is 1. The van der Waals surface area contributed by atoms with Crippen LogP contribution < -0.4 is 15.0 Å². The molecule has 4 amide bonds. The molecule has 0 radical (unpaired) electrons. The molecule has 0 aromatic heterocycles. The van der Waals surface area contributed by atoms with Crippen molar-refractivity contribution in [1.82, 2.24) is 5.32 Å². The lowest BCUT2D eigenvalue weighted by molar-refractivity contribution is -0.122. The smallest absolute Gasteiger partial charge is 0.335 e. The first kappa shape index (κ1) is 24.7. The molecule has 3 aromatic carbocycles. The maximum absolute atomic E-state index is 13.1. The number of nitrogens with zero attached hydrogens (tertiary/aromatic N) is 1. The van der Waals surface area contributed by atoms with Gasteiger partial charge in [-0.05, 0) is 111 Å². The Morgan fingerprint density at radius 3 is 2.41 bits per heavy atom. The van der Waals surface area contributed by atoms with Crippen LogP contribution in [0.3, 0.4) is 0 Å². The van der Waals surface area contributed by atoms with Crippen LogP contribution in [0.2, 0.25) is 5.02 Å². The topological polar surface area (TPSA) is 75.7 Å². The highest BCUT2D eigenvalue weighted by Crippen LogP contribution is 2.28. The second-order valence-electron chi connectivity index (χ2n) is 7.50. The van der Waals surface area contributed by atoms with Gasteiger partial charge in [0.15, 0.2) is 0 Å². The van der Waals surface area contributed by atoms with Gasteiger partial charge in [0, 0.05) is 8.59 Å². The number of aryl methyl sites for hydroxylation is 1. The van der Waals surface area contributed by atoms with Gasteiger partial charge in [-0.2, -0.15) is 0 Å². The van der Waals surface area contributed by atoms with Crippen LogP contribution in [0.1, 0.15) is 16.7 Å². The first-order valence-corrected chi connectivity index (χ1v) is 12.6.